The summed E-state index contributed by atoms with van der Waals surface area (Å²) in [4.78, 5) is 0. The highest BCUT2D eigenvalue weighted by atomic mass is 19.4. The van der Waals surface area contributed by atoms with Crippen LogP contribution < -0.4 is 0 Å². The second-order valence-electron chi connectivity index (χ2n) is 2.42. The van der Waals surface area contributed by atoms with Crippen LogP contribution >= 0.6 is 0 Å². The molecule has 13 heavy (non-hydrogen) atoms. The van der Waals surface area contributed by atoms with E-state index in [-0.39, 0.29) is 0 Å². The zero-order valence-corrected chi connectivity index (χ0v) is 6.10. The van der Waals surface area contributed by atoms with Crippen LogP contribution in [0.25, 0.3) is 0 Å². The Morgan fingerprint density at radius 1 is 0.846 bits per heavy atom. The lowest BCUT2D eigenvalue weighted by Gasteiger charge is -2.30. The molecule has 1 atom stereocenters. The Hall–Kier alpha value is -0.560. The SMILES string of the molecule is CC(F)(C(F)(F)F)C(F)(F)C(F)F. The third-order valence-electron chi connectivity index (χ3n) is 1.43. The third kappa shape index (κ3) is 1.86. The van der Waals surface area contributed by atoms with E-state index >= 15 is 0 Å². The van der Waals surface area contributed by atoms with Gasteiger partial charge in [0.1, 0.15) is 0 Å². The summed E-state index contributed by atoms with van der Waals surface area (Å²) in [5, 5.41) is 0. The van der Waals surface area contributed by atoms with Crippen molar-refractivity contribution in [2.75, 3.05) is 0 Å². The van der Waals surface area contributed by atoms with Crippen molar-refractivity contribution < 1.29 is 35.1 Å². The Bertz CT molecular complexity index is 177. The molecule has 0 fully saturated rings. The minimum absolute atomic E-state index is 0.626. The van der Waals surface area contributed by atoms with Gasteiger partial charge in [0, 0.05) is 0 Å². The molecule has 0 N–H and O–H groups in total. The van der Waals surface area contributed by atoms with Gasteiger partial charge in [-0.3, -0.25) is 0 Å². The van der Waals surface area contributed by atoms with Crippen molar-refractivity contribution in [1.29, 1.82) is 0 Å². The predicted octanol–water partition coefficient (Wildman–Crippen LogP) is 3.18. The molecule has 0 aliphatic heterocycles. The van der Waals surface area contributed by atoms with Crippen molar-refractivity contribution in [3.8, 4) is 0 Å². The monoisotopic (exact) mass is 216 g/mol. The van der Waals surface area contributed by atoms with E-state index in [1.54, 1.807) is 0 Å². The maximum absolute atomic E-state index is 12.3. The molecule has 0 aliphatic rings. The fourth-order valence-corrected chi connectivity index (χ4v) is 0.394. The Morgan fingerprint density at radius 2 is 1.15 bits per heavy atom. The van der Waals surface area contributed by atoms with Gasteiger partial charge in [0.25, 0.3) is 5.67 Å². The van der Waals surface area contributed by atoms with Crippen LogP contribution in [0.4, 0.5) is 35.1 Å². The molecule has 0 bridgehead atoms. The predicted molar refractivity (Wildman–Crippen MR) is 26.5 cm³/mol. The molecule has 0 aromatic carbocycles. The quantitative estimate of drug-likeness (QED) is 0.622. The molecule has 0 saturated heterocycles. The van der Waals surface area contributed by atoms with E-state index in [9.17, 15) is 35.1 Å². The van der Waals surface area contributed by atoms with Crippen LogP contribution in [0.1, 0.15) is 6.92 Å². The van der Waals surface area contributed by atoms with Crippen molar-refractivity contribution in [2.45, 2.75) is 31.1 Å². The smallest absolute Gasteiger partial charge is 0.227 e. The first-order valence-electron chi connectivity index (χ1n) is 2.86. The average Bonchev–Trinajstić information content (AvgIpc) is 1.84. The molecule has 0 aliphatic carbocycles. The van der Waals surface area contributed by atoms with Crippen molar-refractivity contribution in [1.82, 2.24) is 0 Å². The van der Waals surface area contributed by atoms with Crippen LogP contribution in [0.2, 0.25) is 0 Å². The molecule has 8 heteroatoms. The standard InChI is InChI=1S/C5H4F8/c1-3(8,5(11,12)13)4(9,10)2(6)7/h2H,1H3. The summed E-state index contributed by atoms with van der Waals surface area (Å²) in [6.07, 6.45) is -10.7. The van der Waals surface area contributed by atoms with Gasteiger partial charge in [0.05, 0.1) is 0 Å². The Kier molecular flexibility index (Phi) is 2.86. The summed E-state index contributed by atoms with van der Waals surface area (Å²) in [7, 11) is 0. The highest BCUT2D eigenvalue weighted by Gasteiger charge is 2.71. The van der Waals surface area contributed by atoms with Crippen LogP contribution in [-0.4, -0.2) is 24.2 Å². The van der Waals surface area contributed by atoms with Gasteiger partial charge in [-0.25, -0.2) is 13.2 Å². The first-order chi connectivity index (χ1) is 5.44. The molecule has 0 rings (SSSR count). The molecule has 0 heterocycles. The molecule has 0 amide bonds. The number of rotatable bonds is 2. The Labute approximate surface area is 67.5 Å². The molecular formula is C5H4F8. The highest BCUT2D eigenvalue weighted by molar-refractivity contribution is 4.97. The summed E-state index contributed by atoms with van der Waals surface area (Å²) in [6, 6.07) is 0. The summed E-state index contributed by atoms with van der Waals surface area (Å²) in [5.41, 5.74) is -5.23. The van der Waals surface area contributed by atoms with Gasteiger partial charge < -0.3 is 0 Å². The largest absolute Gasteiger partial charge is 0.428 e. The molecule has 0 aromatic rings. The van der Waals surface area contributed by atoms with Gasteiger partial charge in [-0.05, 0) is 6.92 Å². The van der Waals surface area contributed by atoms with Crippen molar-refractivity contribution >= 4 is 0 Å². The number of halogens is 8. The normalized spacial score (nSPS) is 18.9. The molecule has 80 valence electrons. The van der Waals surface area contributed by atoms with Gasteiger partial charge in [0.15, 0.2) is 0 Å². The van der Waals surface area contributed by atoms with Gasteiger partial charge in [0.2, 0.25) is 0 Å². The lowest BCUT2D eigenvalue weighted by molar-refractivity contribution is -0.320. The number of alkyl halides is 8. The fourth-order valence-electron chi connectivity index (χ4n) is 0.394. The molecule has 0 radical (unpaired) electrons. The second kappa shape index (κ2) is 2.98. The van der Waals surface area contributed by atoms with Crippen LogP contribution in [0, 0.1) is 0 Å². The topological polar surface area (TPSA) is 0 Å². The third-order valence-corrected chi connectivity index (χ3v) is 1.43. The van der Waals surface area contributed by atoms with Crippen molar-refractivity contribution in [2.24, 2.45) is 0 Å². The van der Waals surface area contributed by atoms with Crippen LogP contribution in [0.3, 0.4) is 0 Å². The Balaban J connectivity index is 5.04. The Morgan fingerprint density at radius 3 is 1.23 bits per heavy atom. The van der Waals surface area contributed by atoms with Gasteiger partial charge in [-0.1, -0.05) is 0 Å². The van der Waals surface area contributed by atoms with Crippen LogP contribution in [0.5, 0.6) is 0 Å². The maximum Gasteiger partial charge on any atom is 0.428 e. The van der Waals surface area contributed by atoms with E-state index in [0.29, 0.717) is 0 Å². The minimum atomic E-state index is -6.03. The average molecular weight is 216 g/mol. The lowest BCUT2D eigenvalue weighted by atomic mass is 10.00. The molecule has 0 saturated carbocycles. The first kappa shape index (κ1) is 12.4. The van der Waals surface area contributed by atoms with Crippen LogP contribution in [-0.2, 0) is 0 Å². The van der Waals surface area contributed by atoms with Crippen LogP contribution in [0.15, 0.2) is 0 Å². The number of hydrogen-bond donors (Lipinski definition) is 0. The highest BCUT2D eigenvalue weighted by Crippen LogP contribution is 2.47. The van der Waals surface area contributed by atoms with E-state index < -0.39 is 31.1 Å². The van der Waals surface area contributed by atoms with E-state index in [1.165, 1.54) is 0 Å². The molecule has 0 spiro atoms. The molecular weight excluding hydrogens is 212 g/mol. The van der Waals surface area contributed by atoms with E-state index in [1.807, 2.05) is 0 Å². The summed E-state index contributed by atoms with van der Waals surface area (Å²) in [5.74, 6) is -5.74. The molecule has 0 nitrogen and oxygen atoms in total. The summed E-state index contributed by atoms with van der Waals surface area (Å²) >= 11 is 0. The summed E-state index contributed by atoms with van der Waals surface area (Å²) in [6.45, 7) is -0.626. The first-order valence-corrected chi connectivity index (χ1v) is 2.86. The van der Waals surface area contributed by atoms with Gasteiger partial charge >= 0.3 is 18.5 Å². The maximum atomic E-state index is 12.3. The van der Waals surface area contributed by atoms with Gasteiger partial charge in [-0.2, -0.15) is 22.0 Å². The molecule has 1 unspecified atom stereocenters. The fraction of sp³-hybridized carbons (Fsp3) is 1.00. The van der Waals surface area contributed by atoms with Gasteiger partial charge in [-0.15, -0.1) is 0 Å². The van der Waals surface area contributed by atoms with E-state index in [2.05, 4.69) is 0 Å². The number of hydrogen-bond acceptors (Lipinski definition) is 0. The van der Waals surface area contributed by atoms with E-state index in [4.69, 9.17) is 0 Å². The minimum Gasteiger partial charge on any atom is -0.227 e. The van der Waals surface area contributed by atoms with E-state index in [0.717, 1.165) is 0 Å². The van der Waals surface area contributed by atoms with Crippen molar-refractivity contribution in [3.63, 3.8) is 0 Å². The lowest BCUT2D eigenvalue weighted by Crippen LogP contribution is -2.56. The summed E-state index contributed by atoms with van der Waals surface area (Å²) < 4.78 is 93.4. The second-order valence-corrected chi connectivity index (χ2v) is 2.42. The van der Waals surface area contributed by atoms with Crippen molar-refractivity contribution in [3.05, 3.63) is 0 Å². The molecule has 0 aromatic heterocycles. The zero-order valence-electron chi connectivity index (χ0n) is 6.10. The zero-order chi connectivity index (χ0) is 11.1.